The van der Waals surface area contributed by atoms with Gasteiger partial charge in [0, 0.05) is 12.1 Å². The molecule has 4 saturated carbocycles. The summed E-state index contributed by atoms with van der Waals surface area (Å²) in [7, 11) is 1.73. The number of nitrogens with one attached hydrogen (secondary N) is 1. The van der Waals surface area contributed by atoms with Crippen molar-refractivity contribution in [1.82, 2.24) is 5.32 Å². The van der Waals surface area contributed by atoms with Crippen molar-refractivity contribution >= 4 is 0 Å². The summed E-state index contributed by atoms with van der Waals surface area (Å²) < 4.78 is 11.3. The number of ether oxygens (including phenoxy) is 2. The fraction of sp³-hybridized carbons (Fsp3) is 0.739. The van der Waals surface area contributed by atoms with Gasteiger partial charge < -0.3 is 14.8 Å². The Balaban J connectivity index is 1.47. The van der Waals surface area contributed by atoms with E-state index in [9.17, 15) is 0 Å². The first-order valence-corrected chi connectivity index (χ1v) is 10.4. The number of hydrogen-bond acceptors (Lipinski definition) is 3. The van der Waals surface area contributed by atoms with Gasteiger partial charge in [0.2, 0.25) is 0 Å². The van der Waals surface area contributed by atoms with E-state index in [1.807, 2.05) is 0 Å². The molecule has 4 fully saturated rings. The van der Waals surface area contributed by atoms with E-state index >= 15 is 0 Å². The number of hydrogen-bond donors (Lipinski definition) is 1. The average molecular weight is 358 g/mol. The molecule has 3 heteroatoms. The van der Waals surface area contributed by atoms with Crippen molar-refractivity contribution in [1.29, 1.82) is 0 Å². The second-order valence-corrected chi connectivity index (χ2v) is 10.1. The van der Waals surface area contributed by atoms with Gasteiger partial charge in [-0.1, -0.05) is 26.8 Å². The summed E-state index contributed by atoms with van der Waals surface area (Å²) in [5, 5.41) is 4.01. The summed E-state index contributed by atoms with van der Waals surface area (Å²) in [6.07, 6.45) is 9.40. The molecular formula is C23H35NO2. The van der Waals surface area contributed by atoms with Crippen LogP contribution in [-0.4, -0.2) is 19.3 Å². The van der Waals surface area contributed by atoms with Crippen molar-refractivity contribution in [2.75, 3.05) is 13.7 Å². The van der Waals surface area contributed by atoms with E-state index in [-0.39, 0.29) is 0 Å². The van der Waals surface area contributed by atoms with E-state index in [0.717, 1.165) is 37.0 Å². The summed E-state index contributed by atoms with van der Waals surface area (Å²) >= 11 is 0. The molecular weight excluding hydrogens is 322 g/mol. The molecule has 4 bridgehead atoms. The van der Waals surface area contributed by atoms with Crippen LogP contribution in [0.5, 0.6) is 11.5 Å². The molecule has 0 radical (unpaired) electrons. The van der Waals surface area contributed by atoms with Gasteiger partial charge in [-0.3, -0.25) is 0 Å². The van der Waals surface area contributed by atoms with Gasteiger partial charge in [0.1, 0.15) is 0 Å². The monoisotopic (exact) mass is 357 g/mol. The van der Waals surface area contributed by atoms with Crippen LogP contribution in [0.3, 0.4) is 0 Å². The molecule has 26 heavy (non-hydrogen) atoms. The average Bonchev–Trinajstić information content (AvgIpc) is 2.55. The third-order valence-electron chi connectivity index (χ3n) is 6.98. The van der Waals surface area contributed by atoms with Crippen molar-refractivity contribution < 1.29 is 9.47 Å². The van der Waals surface area contributed by atoms with Crippen LogP contribution in [0.2, 0.25) is 0 Å². The largest absolute Gasteiger partial charge is 0.493 e. The Bertz CT molecular complexity index is 652. The lowest BCUT2D eigenvalue weighted by Gasteiger charge is -2.65. The van der Waals surface area contributed by atoms with Crippen LogP contribution in [0, 0.1) is 16.7 Å². The van der Waals surface area contributed by atoms with Gasteiger partial charge in [-0.2, -0.15) is 0 Å². The van der Waals surface area contributed by atoms with Gasteiger partial charge in [0.15, 0.2) is 11.5 Å². The van der Waals surface area contributed by atoms with Gasteiger partial charge in [-0.05, 0) is 79.4 Å². The number of methoxy groups -OCH3 is 1. The summed E-state index contributed by atoms with van der Waals surface area (Å²) in [5.74, 6) is 2.63. The molecule has 4 atom stereocenters. The van der Waals surface area contributed by atoms with Crippen molar-refractivity contribution in [3.05, 3.63) is 23.8 Å². The van der Waals surface area contributed by atoms with Crippen LogP contribution in [0.1, 0.15) is 71.3 Å². The van der Waals surface area contributed by atoms with E-state index in [1.54, 1.807) is 7.11 Å². The van der Waals surface area contributed by atoms with E-state index < -0.39 is 0 Å². The molecule has 1 N–H and O–H groups in total. The molecule has 0 spiro atoms. The topological polar surface area (TPSA) is 30.5 Å². The van der Waals surface area contributed by atoms with Crippen LogP contribution in [0.25, 0.3) is 0 Å². The molecule has 0 saturated heterocycles. The van der Waals surface area contributed by atoms with E-state index in [0.29, 0.717) is 16.4 Å². The van der Waals surface area contributed by atoms with Gasteiger partial charge >= 0.3 is 0 Å². The van der Waals surface area contributed by atoms with Crippen LogP contribution in [0.4, 0.5) is 0 Å². The first kappa shape index (κ1) is 18.2. The lowest BCUT2D eigenvalue weighted by atomic mass is 9.43. The normalized spacial score (nSPS) is 37.8. The quantitative estimate of drug-likeness (QED) is 0.716. The molecule has 4 aliphatic carbocycles. The Morgan fingerprint density at radius 1 is 1.04 bits per heavy atom. The maximum Gasteiger partial charge on any atom is 0.161 e. The number of rotatable bonds is 7. The van der Waals surface area contributed by atoms with Crippen molar-refractivity contribution in [2.45, 2.75) is 77.8 Å². The zero-order valence-electron chi connectivity index (χ0n) is 17.0. The predicted molar refractivity (Wildman–Crippen MR) is 106 cm³/mol. The van der Waals surface area contributed by atoms with Crippen molar-refractivity contribution in [3.8, 4) is 11.5 Å². The smallest absolute Gasteiger partial charge is 0.161 e. The molecule has 0 amide bonds. The molecule has 144 valence electrons. The van der Waals surface area contributed by atoms with E-state index in [2.05, 4.69) is 44.3 Å². The minimum Gasteiger partial charge on any atom is -0.493 e. The first-order chi connectivity index (χ1) is 12.4. The van der Waals surface area contributed by atoms with Crippen LogP contribution < -0.4 is 14.8 Å². The summed E-state index contributed by atoms with van der Waals surface area (Å²) in [4.78, 5) is 0. The van der Waals surface area contributed by atoms with Crippen LogP contribution >= 0.6 is 0 Å². The third kappa shape index (κ3) is 3.35. The minimum absolute atomic E-state index is 0.341. The van der Waals surface area contributed by atoms with E-state index in [4.69, 9.17) is 9.47 Å². The standard InChI is InChI=1S/C23H35NO2/c1-5-8-26-19-7-6-17(9-20(19)25-4)13-24-23-12-18-10-21(2,15-23)14-22(3,11-18)16-23/h6-7,9,18,24H,5,8,10-16H2,1-4H3/t18?,21-,22+,23?. The minimum atomic E-state index is 0.341. The van der Waals surface area contributed by atoms with Crippen molar-refractivity contribution in [3.63, 3.8) is 0 Å². The zero-order valence-corrected chi connectivity index (χ0v) is 17.0. The molecule has 3 nitrogen and oxygen atoms in total. The highest BCUT2D eigenvalue weighted by atomic mass is 16.5. The summed E-state index contributed by atoms with van der Waals surface area (Å²) in [6.45, 7) is 8.85. The molecule has 2 unspecified atom stereocenters. The fourth-order valence-electron chi connectivity index (χ4n) is 7.09. The molecule has 0 heterocycles. The fourth-order valence-corrected chi connectivity index (χ4v) is 7.09. The third-order valence-corrected chi connectivity index (χ3v) is 6.98. The van der Waals surface area contributed by atoms with Gasteiger partial charge in [0.05, 0.1) is 13.7 Å². The first-order valence-electron chi connectivity index (χ1n) is 10.4. The van der Waals surface area contributed by atoms with Gasteiger partial charge in [0.25, 0.3) is 0 Å². The molecule has 1 aromatic rings. The molecule has 4 aliphatic rings. The Morgan fingerprint density at radius 2 is 1.77 bits per heavy atom. The Kier molecular flexibility index (Phi) is 4.50. The molecule has 0 aromatic heterocycles. The summed E-state index contributed by atoms with van der Waals surface area (Å²) in [6, 6.07) is 6.39. The molecule has 1 aromatic carbocycles. The highest BCUT2D eigenvalue weighted by Gasteiger charge is 2.59. The van der Waals surface area contributed by atoms with E-state index in [1.165, 1.54) is 44.1 Å². The van der Waals surface area contributed by atoms with Crippen LogP contribution in [0.15, 0.2) is 18.2 Å². The summed E-state index contributed by atoms with van der Waals surface area (Å²) in [5.41, 5.74) is 2.73. The second kappa shape index (κ2) is 6.44. The van der Waals surface area contributed by atoms with Crippen molar-refractivity contribution in [2.24, 2.45) is 16.7 Å². The predicted octanol–water partition coefficient (Wildman–Crippen LogP) is 5.32. The number of benzene rings is 1. The Hall–Kier alpha value is -1.22. The maximum atomic E-state index is 5.79. The van der Waals surface area contributed by atoms with Gasteiger partial charge in [-0.15, -0.1) is 0 Å². The maximum absolute atomic E-state index is 5.79. The SMILES string of the molecule is CCCOc1ccc(CNC23CC4C[C@@](C)(C2)C[C@](C)(C4)C3)cc1OC. The highest BCUT2D eigenvalue weighted by molar-refractivity contribution is 5.43. The van der Waals surface area contributed by atoms with Crippen LogP contribution in [-0.2, 0) is 6.54 Å². The van der Waals surface area contributed by atoms with Gasteiger partial charge in [-0.25, -0.2) is 0 Å². The lowest BCUT2D eigenvalue weighted by molar-refractivity contribution is -0.118. The highest BCUT2D eigenvalue weighted by Crippen LogP contribution is 2.66. The second-order valence-electron chi connectivity index (χ2n) is 10.1. The molecule has 0 aliphatic heterocycles. The lowest BCUT2D eigenvalue weighted by Crippen LogP contribution is -2.63. The Labute approximate surface area is 158 Å². The molecule has 5 rings (SSSR count). The zero-order chi connectivity index (χ0) is 18.4. The Morgan fingerprint density at radius 3 is 2.38 bits per heavy atom.